The van der Waals surface area contributed by atoms with Gasteiger partial charge in [-0.2, -0.15) is 0 Å². The average Bonchev–Trinajstić information content (AvgIpc) is 2.40. The maximum atomic E-state index is 12.4. The lowest BCUT2D eigenvalue weighted by atomic mass is 10.2. The fourth-order valence-electron chi connectivity index (χ4n) is 1.83. The standard InChI is InChI=1S/C13H13ClN2O4S2/c1-9-12(14)6-3-7-13(9)22(19,20)16-10-4-2-5-11(8-10)21(15,17)18/h2-8,16H,1H3,(H2,15,17,18). The van der Waals surface area contributed by atoms with E-state index >= 15 is 0 Å². The van der Waals surface area contributed by atoms with Crippen LogP contribution >= 0.6 is 11.6 Å². The van der Waals surface area contributed by atoms with Crippen molar-refractivity contribution < 1.29 is 16.8 Å². The van der Waals surface area contributed by atoms with Crippen LogP contribution in [-0.4, -0.2) is 16.8 Å². The maximum absolute atomic E-state index is 12.4. The molecule has 0 aromatic heterocycles. The summed E-state index contributed by atoms with van der Waals surface area (Å²) in [7, 11) is -7.82. The molecule has 0 radical (unpaired) electrons. The first-order valence-electron chi connectivity index (χ1n) is 6.02. The molecule has 0 spiro atoms. The minimum absolute atomic E-state index is 0.0148. The summed E-state index contributed by atoms with van der Waals surface area (Å²) in [6.07, 6.45) is 0. The van der Waals surface area contributed by atoms with Crippen molar-refractivity contribution in [3.63, 3.8) is 0 Å². The molecule has 0 heterocycles. The van der Waals surface area contributed by atoms with E-state index in [4.69, 9.17) is 16.7 Å². The molecular weight excluding hydrogens is 348 g/mol. The van der Waals surface area contributed by atoms with Crippen LogP contribution in [0.1, 0.15) is 5.56 Å². The lowest BCUT2D eigenvalue weighted by molar-refractivity contribution is 0.596. The second kappa shape index (κ2) is 5.88. The van der Waals surface area contributed by atoms with E-state index in [0.717, 1.165) is 6.07 Å². The third-order valence-corrected chi connectivity index (χ3v) is 5.77. The number of halogens is 1. The second-order valence-corrected chi connectivity index (χ2v) is 8.16. The highest BCUT2D eigenvalue weighted by molar-refractivity contribution is 7.92. The first kappa shape index (κ1) is 16.8. The third-order valence-electron chi connectivity index (χ3n) is 2.92. The van der Waals surface area contributed by atoms with Crippen LogP contribution in [0.4, 0.5) is 5.69 Å². The Kier molecular flexibility index (Phi) is 4.48. The third kappa shape index (κ3) is 3.58. The highest BCUT2D eigenvalue weighted by Crippen LogP contribution is 2.25. The second-order valence-electron chi connectivity index (χ2n) is 4.54. The van der Waals surface area contributed by atoms with Crippen LogP contribution in [-0.2, 0) is 20.0 Å². The van der Waals surface area contributed by atoms with E-state index in [9.17, 15) is 16.8 Å². The molecule has 0 amide bonds. The van der Waals surface area contributed by atoms with Gasteiger partial charge >= 0.3 is 0 Å². The van der Waals surface area contributed by atoms with E-state index in [1.807, 2.05) is 0 Å². The molecule has 0 saturated heterocycles. The summed E-state index contributed by atoms with van der Waals surface area (Å²) in [4.78, 5) is -0.170. The molecule has 6 nitrogen and oxygen atoms in total. The van der Waals surface area contributed by atoms with Crippen molar-refractivity contribution in [3.05, 3.63) is 53.1 Å². The Morgan fingerprint density at radius 3 is 2.32 bits per heavy atom. The van der Waals surface area contributed by atoms with Crippen LogP contribution in [0.3, 0.4) is 0 Å². The summed E-state index contributed by atoms with van der Waals surface area (Å²) in [5.41, 5.74) is 0.491. The number of hydrogen-bond acceptors (Lipinski definition) is 4. The van der Waals surface area contributed by atoms with Crippen molar-refractivity contribution in [2.45, 2.75) is 16.7 Å². The Morgan fingerprint density at radius 2 is 1.68 bits per heavy atom. The van der Waals surface area contributed by atoms with E-state index in [0.29, 0.717) is 10.6 Å². The molecule has 0 aliphatic carbocycles. The van der Waals surface area contributed by atoms with Gasteiger partial charge in [0.1, 0.15) is 0 Å². The fourth-order valence-corrected chi connectivity index (χ4v) is 3.93. The van der Waals surface area contributed by atoms with E-state index in [2.05, 4.69) is 4.72 Å². The number of nitrogens with one attached hydrogen (secondary N) is 1. The number of anilines is 1. The molecule has 0 atom stereocenters. The average molecular weight is 361 g/mol. The summed E-state index contributed by atoms with van der Waals surface area (Å²) in [6.45, 7) is 1.58. The van der Waals surface area contributed by atoms with Crippen LogP contribution in [0.2, 0.25) is 5.02 Å². The molecule has 22 heavy (non-hydrogen) atoms. The normalized spacial score (nSPS) is 12.1. The summed E-state index contributed by atoms with van der Waals surface area (Å²) in [5.74, 6) is 0. The van der Waals surface area contributed by atoms with Crippen LogP contribution in [0, 0.1) is 6.92 Å². The van der Waals surface area contributed by atoms with Gasteiger partial charge < -0.3 is 0 Å². The van der Waals surface area contributed by atoms with Crippen LogP contribution < -0.4 is 9.86 Å². The molecule has 2 aromatic rings. The van der Waals surface area contributed by atoms with Crippen molar-refractivity contribution in [2.75, 3.05) is 4.72 Å². The van der Waals surface area contributed by atoms with Gasteiger partial charge in [-0.1, -0.05) is 23.7 Å². The number of sulfonamides is 2. The summed E-state index contributed by atoms with van der Waals surface area (Å²) < 4.78 is 49.7. The fraction of sp³-hybridized carbons (Fsp3) is 0.0769. The van der Waals surface area contributed by atoms with E-state index in [-0.39, 0.29) is 15.5 Å². The Hall–Kier alpha value is -1.61. The van der Waals surface area contributed by atoms with Gasteiger partial charge in [-0.3, -0.25) is 4.72 Å². The van der Waals surface area contributed by atoms with Gasteiger partial charge in [0.05, 0.1) is 15.5 Å². The predicted octanol–water partition coefficient (Wildman–Crippen LogP) is 2.10. The lowest BCUT2D eigenvalue weighted by Gasteiger charge is -2.11. The quantitative estimate of drug-likeness (QED) is 0.870. The molecule has 0 unspecified atom stereocenters. The number of primary sulfonamides is 1. The molecule has 0 bridgehead atoms. The van der Waals surface area contributed by atoms with Crippen molar-refractivity contribution in [2.24, 2.45) is 5.14 Å². The number of rotatable bonds is 4. The van der Waals surface area contributed by atoms with Crippen molar-refractivity contribution >= 4 is 37.3 Å². The minimum Gasteiger partial charge on any atom is -0.280 e. The SMILES string of the molecule is Cc1c(Cl)cccc1S(=O)(=O)Nc1cccc(S(N)(=O)=O)c1. The monoisotopic (exact) mass is 360 g/mol. The van der Waals surface area contributed by atoms with Gasteiger partial charge in [0.25, 0.3) is 10.0 Å². The molecular formula is C13H13ClN2O4S2. The van der Waals surface area contributed by atoms with E-state index in [1.165, 1.54) is 30.3 Å². The highest BCUT2D eigenvalue weighted by atomic mass is 35.5. The van der Waals surface area contributed by atoms with Crippen molar-refractivity contribution in [3.8, 4) is 0 Å². The molecule has 0 aliphatic heterocycles. The number of benzene rings is 2. The van der Waals surface area contributed by atoms with E-state index < -0.39 is 20.0 Å². The maximum Gasteiger partial charge on any atom is 0.262 e. The van der Waals surface area contributed by atoms with Crippen LogP contribution in [0.15, 0.2) is 52.3 Å². The molecule has 2 rings (SSSR count). The number of hydrogen-bond donors (Lipinski definition) is 2. The zero-order valence-electron chi connectivity index (χ0n) is 11.4. The molecule has 3 N–H and O–H groups in total. The van der Waals surface area contributed by atoms with Gasteiger partial charge in [0.15, 0.2) is 0 Å². The zero-order chi connectivity index (χ0) is 16.5. The topological polar surface area (TPSA) is 106 Å². The first-order valence-corrected chi connectivity index (χ1v) is 9.43. The van der Waals surface area contributed by atoms with Gasteiger partial charge in [0, 0.05) is 5.02 Å². The largest absolute Gasteiger partial charge is 0.280 e. The number of nitrogens with two attached hydrogens (primary N) is 1. The van der Waals surface area contributed by atoms with Gasteiger partial charge in [-0.15, -0.1) is 0 Å². The first-order chi connectivity index (χ1) is 10.1. The van der Waals surface area contributed by atoms with Crippen LogP contribution in [0.5, 0.6) is 0 Å². The van der Waals surface area contributed by atoms with Crippen molar-refractivity contribution in [1.82, 2.24) is 0 Å². The summed E-state index contributed by atoms with van der Waals surface area (Å²) >= 11 is 5.92. The summed E-state index contributed by atoms with van der Waals surface area (Å²) in [5, 5.41) is 5.34. The predicted molar refractivity (Wildman–Crippen MR) is 84.8 cm³/mol. The zero-order valence-corrected chi connectivity index (χ0v) is 13.8. The smallest absolute Gasteiger partial charge is 0.262 e. The van der Waals surface area contributed by atoms with E-state index in [1.54, 1.807) is 13.0 Å². The van der Waals surface area contributed by atoms with Gasteiger partial charge in [-0.25, -0.2) is 22.0 Å². The Balaban J connectivity index is 2.44. The minimum atomic E-state index is -3.92. The Morgan fingerprint density at radius 1 is 1.05 bits per heavy atom. The molecule has 0 aliphatic rings. The van der Waals surface area contributed by atoms with Crippen LogP contribution in [0.25, 0.3) is 0 Å². The Bertz CT molecular complexity index is 925. The van der Waals surface area contributed by atoms with Gasteiger partial charge in [0.2, 0.25) is 10.0 Å². The summed E-state index contributed by atoms with van der Waals surface area (Å²) in [6, 6.07) is 9.74. The molecule has 0 saturated carbocycles. The molecule has 2 aromatic carbocycles. The Labute approximate surface area is 134 Å². The molecule has 0 fully saturated rings. The molecule has 9 heteroatoms. The van der Waals surface area contributed by atoms with Gasteiger partial charge in [-0.05, 0) is 42.8 Å². The highest BCUT2D eigenvalue weighted by Gasteiger charge is 2.19. The molecule has 118 valence electrons. The lowest BCUT2D eigenvalue weighted by Crippen LogP contribution is -2.16. The van der Waals surface area contributed by atoms with Crippen molar-refractivity contribution in [1.29, 1.82) is 0 Å².